The number of aromatic amines is 3. The fourth-order valence-corrected chi connectivity index (χ4v) is 23.5. The summed E-state index contributed by atoms with van der Waals surface area (Å²) in [5, 5.41) is 82.5. The third-order valence-corrected chi connectivity index (χ3v) is 30.7. The van der Waals surface area contributed by atoms with Crippen molar-refractivity contribution in [1.82, 2.24) is 45.2 Å². The number of amides is 1. The van der Waals surface area contributed by atoms with E-state index in [1.807, 2.05) is 115 Å². The Morgan fingerprint density at radius 2 is 0.945 bits per heavy atom. The minimum Gasteiger partial charge on any atom is -0.495 e. The molecule has 0 spiro atoms. The van der Waals surface area contributed by atoms with Crippen LogP contribution >= 0.6 is 79.4 Å². The number of hydrogen-bond donors (Lipinski definition) is 9. The molecule has 39 heteroatoms. The number of pyridine rings is 1. The second-order valence-corrected chi connectivity index (χ2v) is 38.9. The first-order valence-corrected chi connectivity index (χ1v) is 50.0. The highest BCUT2D eigenvalue weighted by Gasteiger charge is 2.32. The number of aromatic carboxylic acids is 5. The fraction of sp³-hybridized carbons (Fsp3) is 0.0561. The molecule has 0 fully saturated rings. The molecular weight excluding hydrogens is 2000 g/mol. The standard InChI is InChI=1S/C24H17NO5S.C22H12N4O4S.C22H14N2O4S.C21H12N2O5S.C18H12N2O3S3/c1-29-19-8-4-6-14-9-16(25-22(14)19)23-21(24(27)28)15(12-31-23)10-17(26)20-11-13-5-2-3-7-18(13)30-20;23-9-11-5-6-13-12(7-11)8-15(24-13)19-18(22(28)29)16(10-31-19)25-20(27)21-26-14-3-1-2-4-17(14)30-21;25-16(18-9-12-3-1-2-4-17(12)28-18)8-15-11-29-20(19(15)22(26)27)14-7-13-5-6-23-21(13)24-10-14;24-16(18-9-11-3-1-2-4-17(11)27-18)8-13-10-29-20(19(13)21(25)26)12-5-6-14-15(7-12)23-28-22-14;1-9-15(25-8-19-9)12(21)6-10-7-24-16(14(10)18(22)23)17-20-11-4-2-3-5-13(11)26-17/h2-9,11-12,25H,10H2,1H3,(H,27,28);1-8,10,24H,(H,25,27)(H,28,29);1-7,9-11H,8H2,(H,23,24)(H,26,27);1-7,9-10H,8H2,(H,25,26);2-5,7-8H,6H2,1H3,(H,22,23). The van der Waals surface area contributed by atoms with Gasteiger partial charge < -0.3 is 68.2 Å². The van der Waals surface area contributed by atoms with E-state index in [9.17, 15) is 73.5 Å². The summed E-state index contributed by atoms with van der Waals surface area (Å²) in [7, 11) is 1.59. The van der Waals surface area contributed by atoms with Gasteiger partial charge in [-0.15, -0.1) is 79.4 Å². The molecule has 32 nitrogen and oxygen atoms in total. The number of ketones is 4. The number of carboxylic acids is 5. The van der Waals surface area contributed by atoms with Crippen molar-refractivity contribution in [2.24, 2.45) is 0 Å². The van der Waals surface area contributed by atoms with E-state index in [0.717, 1.165) is 59.2 Å². The molecule has 0 bridgehead atoms. The number of rotatable bonds is 25. The Morgan fingerprint density at radius 1 is 0.432 bits per heavy atom. The third kappa shape index (κ3) is 19.5. The number of carboxylic acid groups (broad SMARTS) is 5. The van der Waals surface area contributed by atoms with Gasteiger partial charge in [0, 0.05) is 91.7 Å². The van der Waals surface area contributed by atoms with Crippen LogP contribution < -0.4 is 10.1 Å². The van der Waals surface area contributed by atoms with Crippen molar-refractivity contribution < 1.29 is 101 Å². The van der Waals surface area contributed by atoms with E-state index in [0.29, 0.717) is 135 Å². The number of nitrogens with zero attached hydrogens (tertiary/aromatic N) is 7. The molecule has 8 aromatic carbocycles. The molecule has 1 amide bonds. The molecule has 9 N–H and O–H groups in total. The first kappa shape index (κ1) is 95.4. The van der Waals surface area contributed by atoms with Crippen molar-refractivity contribution in [3.63, 3.8) is 0 Å². The zero-order valence-corrected chi connectivity index (χ0v) is 81.2. The normalized spacial score (nSPS) is 11.2. The van der Waals surface area contributed by atoms with Crippen LogP contribution in [-0.2, 0) is 25.7 Å². The number of H-pyrrole nitrogens is 3. The number of methoxy groups -OCH3 is 1. The molecule has 0 aliphatic heterocycles. The van der Waals surface area contributed by atoms with Gasteiger partial charge in [0.15, 0.2) is 28.6 Å². The number of nitriles is 1. The van der Waals surface area contributed by atoms with E-state index < -0.39 is 35.8 Å². The molecule has 0 aliphatic carbocycles. The number of aryl methyl sites for hydroxylation is 1. The molecule has 0 aliphatic rings. The maximum absolute atomic E-state index is 12.8. The Kier molecular flexibility index (Phi) is 26.7. The molecule has 24 rings (SSSR count). The number of fused-ring (bicyclic) bond motifs is 9. The summed E-state index contributed by atoms with van der Waals surface area (Å²) < 4.78 is 33.4. The Morgan fingerprint density at radius 3 is 1.52 bits per heavy atom. The number of thiophene rings is 5. The Hall–Kier alpha value is -18.2. The van der Waals surface area contributed by atoms with Crippen molar-refractivity contribution in [3.05, 3.63) is 353 Å². The summed E-state index contributed by atoms with van der Waals surface area (Å²) in [5.74, 6) is -5.81. The summed E-state index contributed by atoms with van der Waals surface area (Å²) in [5.41, 5.74) is 15.1. The van der Waals surface area contributed by atoms with Crippen molar-refractivity contribution in [3.8, 4) is 63.7 Å². The van der Waals surface area contributed by atoms with Crippen LogP contribution in [-0.4, -0.2) is 137 Å². The van der Waals surface area contributed by atoms with Gasteiger partial charge in [-0.3, -0.25) is 24.0 Å². The van der Waals surface area contributed by atoms with Gasteiger partial charge in [-0.2, -0.15) is 5.26 Å². The molecule has 16 aromatic heterocycles. The predicted molar refractivity (Wildman–Crippen MR) is 556 cm³/mol. The van der Waals surface area contributed by atoms with Crippen LogP contribution in [0.15, 0.2) is 285 Å². The van der Waals surface area contributed by atoms with Gasteiger partial charge in [-0.1, -0.05) is 97.1 Å². The number of oxazole rings is 1. The molecule has 0 saturated heterocycles. The fourth-order valence-electron chi connectivity index (χ4n) is 16.5. The van der Waals surface area contributed by atoms with Crippen molar-refractivity contribution in [2.45, 2.75) is 32.6 Å². The zero-order chi connectivity index (χ0) is 101. The number of thiazole rings is 2. The highest BCUT2D eigenvalue weighted by atomic mass is 32.1. The molecule has 24 aromatic rings. The lowest BCUT2D eigenvalue weighted by Crippen LogP contribution is -2.14. The number of furan rings is 3. The number of Topliss-reactive ketones (excluding diaryl/α,β-unsaturated/α-hetero) is 4. The number of carbonyl (C=O) groups is 10. The second kappa shape index (κ2) is 40.8. The van der Waals surface area contributed by atoms with Gasteiger partial charge in [0.2, 0.25) is 17.3 Å². The van der Waals surface area contributed by atoms with Crippen LogP contribution in [0.25, 0.3) is 150 Å². The smallest absolute Gasteiger partial charge is 0.339 e. The topological polar surface area (TPSA) is 507 Å². The maximum Gasteiger partial charge on any atom is 0.339 e. The molecule has 718 valence electrons. The second-order valence-electron chi connectivity index (χ2n) is 32.6. The van der Waals surface area contributed by atoms with Crippen LogP contribution in [0.5, 0.6) is 5.75 Å². The van der Waals surface area contributed by atoms with Gasteiger partial charge >= 0.3 is 35.8 Å². The summed E-state index contributed by atoms with van der Waals surface area (Å²) in [6.45, 7) is 1.78. The molecule has 146 heavy (non-hydrogen) atoms. The number of anilines is 1. The molecular formula is C107H67N11O21S7. The largest absolute Gasteiger partial charge is 0.495 e. The molecule has 0 atom stereocenters. The average Bonchev–Trinajstić information content (AvgIpc) is 1.66. The van der Waals surface area contributed by atoms with Crippen molar-refractivity contribution >= 4 is 242 Å². The van der Waals surface area contributed by atoms with E-state index in [1.54, 1.807) is 162 Å². The monoisotopic (exact) mass is 2070 g/mol. The van der Waals surface area contributed by atoms with Gasteiger partial charge in [-0.25, -0.2) is 48.5 Å². The van der Waals surface area contributed by atoms with Crippen LogP contribution in [0, 0.1) is 18.3 Å². The number of aromatic nitrogens is 9. The third-order valence-electron chi connectivity index (χ3n) is 23.3. The number of benzene rings is 8. The number of carbonyl (C=O) groups excluding carboxylic acids is 5. The van der Waals surface area contributed by atoms with E-state index in [-0.39, 0.29) is 105 Å². The van der Waals surface area contributed by atoms with Gasteiger partial charge in [0.1, 0.15) is 55.3 Å². The SMILES string of the molecule is COc1cccc2cc(-c3scc(CC(=O)c4cc5ccccc5o4)c3C(=O)O)[nH]c12.Cc1ncsc1C(=O)Cc1csc(-c2nc3ccccc3s2)c1C(=O)O.N#Cc1ccc2[nH]c(-c3scc(NC(=O)c4nc5ccccc5o4)c3C(=O)O)cc2c1.O=C(Cc1csc(-c2ccc3nonc3c2)c1C(=O)O)c1cc2ccccc2o1.O=C(Cc1csc(-c2cnc3[nH]ccc3c2)c1C(=O)O)c1cc2ccccc2o1. The quantitative estimate of drug-likeness (QED) is 0.0240. The number of nitrogens with one attached hydrogen (secondary N) is 4. The summed E-state index contributed by atoms with van der Waals surface area (Å²) >= 11 is 9.10. The minimum absolute atomic E-state index is 0.0403. The maximum atomic E-state index is 12.8. The lowest BCUT2D eigenvalue weighted by atomic mass is 10.0. The first-order valence-electron chi connectivity index (χ1n) is 43.9. The van der Waals surface area contributed by atoms with Gasteiger partial charge in [0.05, 0.1) is 109 Å². The van der Waals surface area contributed by atoms with E-state index in [1.165, 1.54) is 79.4 Å². The Labute approximate surface area is 848 Å². The van der Waals surface area contributed by atoms with Crippen LogP contribution in [0.4, 0.5) is 5.69 Å². The molecule has 16 heterocycles. The zero-order valence-electron chi connectivity index (χ0n) is 75.5. The summed E-state index contributed by atoms with van der Waals surface area (Å²) in [6.07, 6.45) is 3.31. The van der Waals surface area contributed by atoms with Gasteiger partial charge in [0.25, 0.3) is 5.89 Å². The highest BCUT2D eigenvalue weighted by Crippen LogP contribution is 2.44. The highest BCUT2D eigenvalue weighted by molar-refractivity contribution is 7.25. The minimum atomic E-state index is -1.18. The van der Waals surface area contributed by atoms with Crippen molar-refractivity contribution in [1.29, 1.82) is 5.26 Å². The number of para-hydroxylation sites is 7. The van der Waals surface area contributed by atoms with Crippen molar-refractivity contribution in [2.75, 3.05) is 12.4 Å². The Bertz CT molecular complexity index is 9010. The lowest BCUT2D eigenvalue weighted by Gasteiger charge is -2.03. The van der Waals surface area contributed by atoms with Crippen LogP contribution in [0.2, 0.25) is 0 Å². The van der Waals surface area contributed by atoms with E-state index >= 15 is 0 Å². The lowest BCUT2D eigenvalue weighted by molar-refractivity contribution is 0.0685. The molecule has 0 unspecified atom stereocenters. The molecule has 0 radical (unpaired) electrons. The molecule has 0 saturated carbocycles. The summed E-state index contributed by atoms with van der Waals surface area (Å²) in [6, 6.07) is 67.3. The number of hydrogen-bond acceptors (Lipinski definition) is 30. The first-order chi connectivity index (χ1) is 70.8. The van der Waals surface area contributed by atoms with Crippen LogP contribution in [0.1, 0.15) is 137 Å². The van der Waals surface area contributed by atoms with E-state index in [2.05, 4.69) is 56.6 Å². The van der Waals surface area contributed by atoms with E-state index in [4.69, 9.17) is 32.3 Å². The summed E-state index contributed by atoms with van der Waals surface area (Å²) in [4.78, 5) is 153. The average molecular weight is 2070 g/mol. The van der Waals surface area contributed by atoms with Crippen LogP contribution in [0.3, 0.4) is 0 Å². The predicted octanol–water partition coefficient (Wildman–Crippen LogP) is 25.5. The number of ether oxygens (including phenoxy) is 1. The van der Waals surface area contributed by atoms with Gasteiger partial charge in [-0.05, 0) is 188 Å². The Balaban J connectivity index is 0.000000111.